The van der Waals surface area contributed by atoms with E-state index < -0.39 is 4.92 Å². The molecule has 0 atom stereocenters. The van der Waals surface area contributed by atoms with Gasteiger partial charge in [-0.15, -0.1) is 0 Å². The quantitative estimate of drug-likeness (QED) is 0.675. The highest BCUT2D eigenvalue weighted by Crippen LogP contribution is 2.24. The van der Waals surface area contributed by atoms with Crippen LogP contribution in [0.3, 0.4) is 0 Å². The molecule has 0 aliphatic rings. The highest BCUT2D eigenvalue weighted by atomic mass is 16.6. The second kappa shape index (κ2) is 6.66. The largest absolute Gasteiger partial charge is 0.496 e. The minimum Gasteiger partial charge on any atom is -0.496 e. The van der Waals surface area contributed by atoms with Crippen molar-refractivity contribution in [2.45, 2.75) is 13.5 Å². The van der Waals surface area contributed by atoms with Gasteiger partial charge >= 0.3 is 0 Å². The van der Waals surface area contributed by atoms with Crippen molar-refractivity contribution in [1.29, 1.82) is 0 Å². The lowest BCUT2D eigenvalue weighted by Gasteiger charge is -2.09. The number of ether oxygens (including phenoxy) is 1. The van der Waals surface area contributed by atoms with E-state index in [1.54, 1.807) is 6.20 Å². The van der Waals surface area contributed by atoms with E-state index >= 15 is 0 Å². The Morgan fingerprint density at radius 3 is 2.73 bits per heavy atom. The first-order chi connectivity index (χ1) is 10.5. The summed E-state index contributed by atoms with van der Waals surface area (Å²) in [5.74, 6) is -0.207. The molecule has 2 aromatic rings. The summed E-state index contributed by atoms with van der Waals surface area (Å²) in [4.78, 5) is 26.5. The molecule has 1 aromatic carbocycles. The lowest BCUT2D eigenvalue weighted by molar-refractivity contribution is -0.384. The molecule has 0 fully saturated rings. The summed E-state index contributed by atoms with van der Waals surface area (Å²) in [5.41, 5.74) is 1.87. The molecule has 22 heavy (non-hydrogen) atoms. The van der Waals surface area contributed by atoms with E-state index in [2.05, 4.69) is 10.3 Å². The highest BCUT2D eigenvalue weighted by Gasteiger charge is 2.16. The average Bonchev–Trinajstić information content (AvgIpc) is 2.53. The number of methoxy groups -OCH3 is 1. The van der Waals surface area contributed by atoms with Crippen molar-refractivity contribution >= 4 is 11.6 Å². The molecule has 0 aliphatic carbocycles. The fourth-order valence-electron chi connectivity index (χ4n) is 1.86. The van der Waals surface area contributed by atoms with Gasteiger partial charge in [-0.1, -0.05) is 6.07 Å². The van der Waals surface area contributed by atoms with Gasteiger partial charge in [0.15, 0.2) is 0 Å². The van der Waals surface area contributed by atoms with Crippen LogP contribution in [0.1, 0.15) is 21.6 Å². The zero-order chi connectivity index (χ0) is 16.1. The maximum Gasteiger partial charge on any atom is 0.273 e. The zero-order valence-electron chi connectivity index (χ0n) is 12.2. The lowest BCUT2D eigenvalue weighted by Crippen LogP contribution is -2.23. The molecule has 114 valence electrons. The summed E-state index contributed by atoms with van der Waals surface area (Å²) in [6.45, 7) is 2.19. The third-order valence-electron chi connectivity index (χ3n) is 3.07. The van der Waals surface area contributed by atoms with Crippen molar-refractivity contribution in [2.75, 3.05) is 7.11 Å². The Labute approximate surface area is 127 Å². The summed E-state index contributed by atoms with van der Waals surface area (Å²) in [5, 5.41) is 13.5. The van der Waals surface area contributed by atoms with Crippen LogP contribution in [0.25, 0.3) is 0 Å². The Kier molecular flexibility index (Phi) is 4.67. The van der Waals surface area contributed by atoms with Crippen LogP contribution in [0, 0.1) is 17.0 Å². The van der Waals surface area contributed by atoms with E-state index in [1.807, 2.05) is 19.1 Å². The van der Waals surface area contributed by atoms with Crippen LogP contribution in [-0.4, -0.2) is 22.9 Å². The third-order valence-corrected chi connectivity index (χ3v) is 3.07. The molecular weight excluding hydrogens is 286 g/mol. The number of nitro benzene ring substituents is 1. The number of nitrogens with zero attached hydrogens (tertiary/aromatic N) is 2. The number of amides is 1. The number of aromatic nitrogens is 1. The first-order valence-corrected chi connectivity index (χ1v) is 6.53. The van der Waals surface area contributed by atoms with Crippen LogP contribution in [0.4, 0.5) is 5.69 Å². The molecule has 0 bridgehead atoms. The van der Waals surface area contributed by atoms with Crippen LogP contribution in [-0.2, 0) is 6.54 Å². The predicted octanol–water partition coefficient (Wildman–Crippen LogP) is 2.24. The van der Waals surface area contributed by atoms with Crippen molar-refractivity contribution in [3.8, 4) is 5.75 Å². The van der Waals surface area contributed by atoms with Crippen LogP contribution in [0.15, 0.2) is 36.5 Å². The Morgan fingerprint density at radius 1 is 1.36 bits per heavy atom. The summed E-state index contributed by atoms with van der Waals surface area (Å²) in [7, 11) is 1.36. The molecule has 0 spiro atoms. The first-order valence-electron chi connectivity index (χ1n) is 6.53. The number of rotatable bonds is 5. The maximum absolute atomic E-state index is 12.2. The summed E-state index contributed by atoms with van der Waals surface area (Å²) in [6.07, 6.45) is 1.68. The molecule has 0 aliphatic heterocycles. The smallest absolute Gasteiger partial charge is 0.273 e. The van der Waals surface area contributed by atoms with Gasteiger partial charge in [-0.25, -0.2) is 0 Å². The summed E-state index contributed by atoms with van der Waals surface area (Å²) < 4.78 is 5.05. The number of pyridine rings is 1. The van der Waals surface area contributed by atoms with Gasteiger partial charge < -0.3 is 10.1 Å². The van der Waals surface area contributed by atoms with Crippen molar-refractivity contribution in [3.05, 3.63) is 63.5 Å². The second-order valence-corrected chi connectivity index (χ2v) is 4.63. The number of carbonyl (C=O) groups is 1. The van der Waals surface area contributed by atoms with E-state index in [4.69, 9.17) is 4.74 Å². The molecule has 1 aromatic heterocycles. The molecule has 7 nitrogen and oxygen atoms in total. The normalized spacial score (nSPS) is 10.1. The molecule has 1 N–H and O–H groups in total. The molecule has 1 heterocycles. The van der Waals surface area contributed by atoms with Crippen LogP contribution >= 0.6 is 0 Å². The van der Waals surface area contributed by atoms with Crippen molar-refractivity contribution in [1.82, 2.24) is 10.3 Å². The molecule has 0 unspecified atom stereocenters. The minimum atomic E-state index is -0.540. The average molecular weight is 301 g/mol. The van der Waals surface area contributed by atoms with Crippen LogP contribution in [0.2, 0.25) is 0 Å². The summed E-state index contributed by atoms with van der Waals surface area (Å²) >= 11 is 0. The van der Waals surface area contributed by atoms with E-state index in [-0.39, 0.29) is 22.9 Å². The Balaban J connectivity index is 2.12. The van der Waals surface area contributed by atoms with Crippen LogP contribution in [0.5, 0.6) is 5.75 Å². The molecule has 7 heteroatoms. The molecular formula is C15H15N3O4. The van der Waals surface area contributed by atoms with E-state index in [9.17, 15) is 14.9 Å². The Hall–Kier alpha value is -2.96. The number of carbonyl (C=O) groups excluding carboxylic acids is 1. The van der Waals surface area contributed by atoms with Gasteiger partial charge in [-0.3, -0.25) is 19.9 Å². The number of non-ortho nitro benzene ring substituents is 1. The number of nitro groups is 1. The second-order valence-electron chi connectivity index (χ2n) is 4.63. The molecule has 1 amide bonds. The third kappa shape index (κ3) is 3.57. The standard InChI is InChI=1S/C15H15N3O4/c1-10-3-4-11(8-16-10)9-17-15(19)13-6-5-12(18(20)21)7-14(13)22-2/h3-8H,9H2,1-2H3,(H,17,19). The van der Waals surface area contributed by atoms with Gasteiger partial charge in [0.05, 0.1) is 23.7 Å². The van der Waals surface area contributed by atoms with E-state index in [0.717, 1.165) is 11.3 Å². The number of aryl methyl sites for hydroxylation is 1. The molecule has 0 saturated carbocycles. The van der Waals surface area contributed by atoms with Crippen LogP contribution < -0.4 is 10.1 Å². The lowest BCUT2D eigenvalue weighted by atomic mass is 10.1. The van der Waals surface area contributed by atoms with Gasteiger partial charge in [0.25, 0.3) is 11.6 Å². The molecule has 0 saturated heterocycles. The van der Waals surface area contributed by atoms with E-state index in [1.165, 1.54) is 25.3 Å². The van der Waals surface area contributed by atoms with Crippen molar-refractivity contribution in [2.24, 2.45) is 0 Å². The van der Waals surface area contributed by atoms with Crippen molar-refractivity contribution in [3.63, 3.8) is 0 Å². The SMILES string of the molecule is COc1cc([N+](=O)[O-])ccc1C(=O)NCc1ccc(C)nc1. The first kappa shape index (κ1) is 15.4. The fourth-order valence-corrected chi connectivity index (χ4v) is 1.86. The van der Waals surface area contributed by atoms with Gasteiger partial charge in [-0.05, 0) is 24.6 Å². The van der Waals surface area contributed by atoms with Gasteiger partial charge in [0.2, 0.25) is 0 Å². The zero-order valence-corrected chi connectivity index (χ0v) is 12.2. The minimum absolute atomic E-state index is 0.129. The monoisotopic (exact) mass is 301 g/mol. The van der Waals surface area contributed by atoms with E-state index in [0.29, 0.717) is 6.54 Å². The van der Waals surface area contributed by atoms with Gasteiger partial charge in [0, 0.05) is 24.5 Å². The Bertz CT molecular complexity index is 698. The number of hydrogen-bond acceptors (Lipinski definition) is 5. The van der Waals surface area contributed by atoms with Gasteiger partial charge in [-0.2, -0.15) is 0 Å². The van der Waals surface area contributed by atoms with Crippen molar-refractivity contribution < 1.29 is 14.5 Å². The molecule has 2 rings (SSSR count). The summed E-state index contributed by atoms with van der Waals surface area (Å²) in [6, 6.07) is 7.59. The number of nitrogens with one attached hydrogen (secondary N) is 1. The highest BCUT2D eigenvalue weighted by molar-refractivity contribution is 5.97. The Morgan fingerprint density at radius 2 is 2.14 bits per heavy atom. The maximum atomic E-state index is 12.2. The van der Waals surface area contributed by atoms with Gasteiger partial charge in [0.1, 0.15) is 5.75 Å². The predicted molar refractivity (Wildman–Crippen MR) is 79.8 cm³/mol. The fraction of sp³-hybridized carbons (Fsp3) is 0.200. The molecule has 0 radical (unpaired) electrons. The topological polar surface area (TPSA) is 94.4 Å². The number of hydrogen-bond donors (Lipinski definition) is 1. The number of benzene rings is 1.